The summed E-state index contributed by atoms with van der Waals surface area (Å²) in [5.74, 6) is 2.07. The number of carbonyl (C=O) groups excluding carboxylic acids is 1. The van der Waals surface area contributed by atoms with Crippen LogP contribution in [0.25, 0.3) is 0 Å². The van der Waals surface area contributed by atoms with E-state index in [-0.39, 0.29) is 24.8 Å². The largest absolute Gasteiger partial charge is 0.496 e. The van der Waals surface area contributed by atoms with Crippen LogP contribution in [0, 0.1) is 0 Å². The molecule has 26 heavy (non-hydrogen) atoms. The number of benzene rings is 1. The van der Waals surface area contributed by atoms with Crippen LogP contribution in [0.2, 0.25) is 0 Å². The van der Waals surface area contributed by atoms with E-state index in [0.717, 1.165) is 19.3 Å². The number of ether oxygens (including phenoxy) is 4. The molecule has 1 aliphatic heterocycles. The Bertz CT molecular complexity index is 819. The molecule has 2 aliphatic rings. The predicted molar refractivity (Wildman–Crippen MR) is 91.8 cm³/mol. The number of fused-ring (bicyclic) bond motifs is 1. The van der Waals surface area contributed by atoms with Gasteiger partial charge in [-0.1, -0.05) is 0 Å². The van der Waals surface area contributed by atoms with Crippen molar-refractivity contribution in [1.82, 2.24) is 15.1 Å². The van der Waals surface area contributed by atoms with Gasteiger partial charge in [0.25, 0.3) is 5.91 Å². The minimum atomic E-state index is -0.216. The SMILES string of the molecule is COc1cc2c(cc1C(=O)N[C@H]1CCC[C@H]1Oc1cnn(C)c1)OCO2. The van der Waals surface area contributed by atoms with Crippen LogP contribution >= 0.6 is 0 Å². The van der Waals surface area contributed by atoms with Crippen LogP contribution in [0.15, 0.2) is 24.5 Å². The molecule has 0 radical (unpaired) electrons. The van der Waals surface area contributed by atoms with E-state index in [9.17, 15) is 4.79 Å². The van der Waals surface area contributed by atoms with E-state index in [4.69, 9.17) is 18.9 Å². The van der Waals surface area contributed by atoms with Crippen molar-refractivity contribution in [2.24, 2.45) is 7.05 Å². The van der Waals surface area contributed by atoms with Gasteiger partial charge in [-0.25, -0.2) is 0 Å². The highest BCUT2D eigenvalue weighted by atomic mass is 16.7. The molecule has 0 saturated heterocycles. The number of aryl methyl sites for hydroxylation is 1. The van der Waals surface area contributed by atoms with E-state index in [2.05, 4.69) is 10.4 Å². The van der Waals surface area contributed by atoms with Gasteiger partial charge in [0.05, 0.1) is 31.1 Å². The number of amides is 1. The predicted octanol–water partition coefficient (Wildman–Crippen LogP) is 1.89. The van der Waals surface area contributed by atoms with E-state index in [1.807, 2.05) is 13.2 Å². The standard InChI is InChI=1S/C18H21N3O5/c1-21-9-11(8-19-21)26-14-5-3-4-13(14)20-18(22)12-6-16-17(25-10-24-16)7-15(12)23-2/h6-9,13-14H,3-5,10H2,1-2H3,(H,20,22)/t13-,14+/m0/s1. The highest BCUT2D eigenvalue weighted by molar-refractivity contribution is 5.98. The van der Waals surface area contributed by atoms with Crippen LogP contribution in [0.4, 0.5) is 0 Å². The second-order valence-electron chi connectivity index (χ2n) is 6.42. The second-order valence-corrected chi connectivity index (χ2v) is 6.42. The van der Waals surface area contributed by atoms with E-state index in [1.165, 1.54) is 7.11 Å². The number of hydrogen-bond acceptors (Lipinski definition) is 6. The number of nitrogens with zero attached hydrogens (tertiary/aromatic N) is 2. The van der Waals surface area contributed by atoms with Crippen molar-refractivity contribution < 1.29 is 23.7 Å². The van der Waals surface area contributed by atoms with Crippen molar-refractivity contribution >= 4 is 5.91 Å². The van der Waals surface area contributed by atoms with Crippen molar-refractivity contribution in [3.63, 3.8) is 0 Å². The Morgan fingerprint density at radius 3 is 2.85 bits per heavy atom. The quantitative estimate of drug-likeness (QED) is 0.878. The van der Waals surface area contributed by atoms with Crippen molar-refractivity contribution in [1.29, 1.82) is 0 Å². The third-order valence-corrected chi connectivity index (χ3v) is 4.68. The van der Waals surface area contributed by atoms with E-state index >= 15 is 0 Å². The van der Waals surface area contributed by atoms with Crippen LogP contribution < -0.4 is 24.3 Å². The number of hydrogen-bond donors (Lipinski definition) is 1. The van der Waals surface area contributed by atoms with Gasteiger partial charge in [-0.15, -0.1) is 0 Å². The van der Waals surface area contributed by atoms with Gasteiger partial charge in [0.1, 0.15) is 11.9 Å². The fourth-order valence-electron chi connectivity index (χ4n) is 3.38. The molecule has 2 heterocycles. The Kier molecular flexibility index (Phi) is 4.32. The third kappa shape index (κ3) is 3.14. The first-order valence-corrected chi connectivity index (χ1v) is 8.58. The minimum absolute atomic E-state index is 0.0714. The molecule has 138 valence electrons. The van der Waals surface area contributed by atoms with Gasteiger partial charge in [0.15, 0.2) is 17.2 Å². The summed E-state index contributed by atoms with van der Waals surface area (Å²) in [5.41, 5.74) is 0.420. The Balaban J connectivity index is 1.48. The molecule has 0 bridgehead atoms. The maximum absolute atomic E-state index is 12.8. The van der Waals surface area contributed by atoms with Gasteiger partial charge in [-0.2, -0.15) is 5.10 Å². The summed E-state index contributed by atoms with van der Waals surface area (Å²) >= 11 is 0. The molecule has 1 aromatic heterocycles. The number of rotatable bonds is 5. The van der Waals surface area contributed by atoms with Gasteiger partial charge >= 0.3 is 0 Å². The molecule has 2 atom stereocenters. The van der Waals surface area contributed by atoms with Gasteiger partial charge in [-0.3, -0.25) is 9.48 Å². The van der Waals surface area contributed by atoms with Gasteiger partial charge in [0.2, 0.25) is 6.79 Å². The first-order chi connectivity index (χ1) is 12.6. The molecule has 4 rings (SSSR count). The average Bonchev–Trinajstić information content (AvgIpc) is 3.36. The van der Waals surface area contributed by atoms with Gasteiger partial charge in [0, 0.05) is 19.2 Å². The highest BCUT2D eigenvalue weighted by Gasteiger charge is 2.32. The molecule has 8 heteroatoms. The zero-order valence-corrected chi connectivity index (χ0v) is 14.7. The lowest BCUT2D eigenvalue weighted by atomic mass is 10.1. The molecule has 1 aliphatic carbocycles. The summed E-state index contributed by atoms with van der Waals surface area (Å²) in [6, 6.07) is 3.26. The fraction of sp³-hybridized carbons (Fsp3) is 0.444. The molecule has 1 N–H and O–H groups in total. The Hall–Kier alpha value is -2.90. The summed E-state index contributed by atoms with van der Waals surface area (Å²) < 4.78 is 23.7. The molecule has 1 saturated carbocycles. The van der Waals surface area contributed by atoms with Crippen molar-refractivity contribution in [3.05, 3.63) is 30.1 Å². The van der Waals surface area contributed by atoms with Crippen molar-refractivity contribution in [3.8, 4) is 23.0 Å². The Labute approximate surface area is 151 Å². The van der Waals surface area contributed by atoms with E-state index in [1.54, 1.807) is 23.0 Å². The van der Waals surface area contributed by atoms with Gasteiger partial charge < -0.3 is 24.3 Å². The summed E-state index contributed by atoms with van der Waals surface area (Å²) in [5, 5.41) is 7.18. The molecule has 1 fully saturated rings. The topological polar surface area (TPSA) is 83.8 Å². The molecule has 8 nitrogen and oxygen atoms in total. The first-order valence-electron chi connectivity index (χ1n) is 8.58. The lowest BCUT2D eigenvalue weighted by molar-refractivity contribution is 0.0890. The maximum atomic E-state index is 12.8. The minimum Gasteiger partial charge on any atom is -0.496 e. The van der Waals surface area contributed by atoms with Crippen molar-refractivity contribution in [2.75, 3.05) is 13.9 Å². The zero-order chi connectivity index (χ0) is 18.1. The lowest BCUT2D eigenvalue weighted by Gasteiger charge is -2.22. The van der Waals surface area contributed by atoms with Gasteiger partial charge in [-0.05, 0) is 19.3 Å². The molecule has 0 unspecified atom stereocenters. The molecule has 0 spiro atoms. The Morgan fingerprint density at radius 1 is 1.31 bits per heavy atom. The van der Waals surface area contributed by atoms with Crippen LogP contribution in [0.5, 0.6) is 23.0 Å². The average molecular weight is 359 g/mol. The molecular weight excluding hydrogens is 338 g/mol. The van der Waals surface area contributed by atoms with E-state index < -0.39 is 0 Å². The Morgan fingerprint density at radius 2 is 2.12 bits per heavy atom. The summed E-state index contributed by atoms with van der Waals surface area (Å²) in [7, 11) is 3.37. The van der Waals surface area contributed by atoms with Crippen LogP contribution in [0.1, 0.15) is 29.6 Å². The molecular formula is C18H21N3O5. The number of methoxy groups -OCH3 is 1. The lowest BCUT2D eigenvalue weighted by Crippen LogP contribution is -2.42. The second kappa shape index (κ2) is 6.78. The van der Waals surface area contributed by atoms with Crippen LogP contribution in [-0.2, 0) is 7.05 Å². The maximum Gasteiger partial charge on any atom is 0.255 e. The summed E-state index contributed by atoms with van der Waals surface area (Å²) in [6.07, 6.45) is 6.16. The molecule has 1 aromatic carbocycles. The number of aromatic nitrogens is 2. The number of carbonyl (C=O) groups is 1. The third-order valence-electron chi connectivity index (χ3n) is 4.68. The van der Waals surface area contributed by atoms with Crippen molar-refractivity contribution in [2.45, 2.75) is 31.4 Å². The van der Waals surface area contributed by atoms with Crippen LogP contribution in [-0.4, -0.2) is 41.7 Å². The smallest absolute Gasteiger partial charge is 0.255 e. The zero-order valence-electron chi connectivity index (χ0n) is 14.7. The monoisotopic (exact) mass is 359 g/mol. The fourth-order valence-corrected chi connectivity index (χ4v) is 3.38. The highest BCUT2D eigenvalue weighted by Crippen LogP contribution is 2.38. The molecule has 1 amide bonds. The molecule has 2 aromatic rings. The summed E-state index contributed by atoms with van der Waals surface area (Å²) in [6.45, 7) is 0.146. The summed E-state index contributed by atoms with van der Waals surface area (Å²) in [4.78, 5) is 12.8. The van der Waals surface area contributed by atoms with E-state index in [0.29, 0.717) is 28.6 Å². The normalized spacial score (nSPS) is 20.8. The van der Waals surface area contributed by atoms with Crippen LogP contribution in [0.3, 0.4) is 0 Å². The first kappa shape index (κ1) is 16.6. The number of nitrogens with one attached hydrogen (secondary N) is 1.